The maximum atomic E-state index is 11.9. The van der Waals surface area contributed by atoms with Crippen LogP contribution in [0.15, 0.2) is 22.7 Å². The molecule has 3 nitrogen and oxygen atoms in total. The molecule has 1 fully saturated rings. The molecule has 0 aliphatic heterocycles. The van der Waals surface area contributed by atoms with E-state index in [0.717, 1.165) is 4.47 Å². The van der Waals surface area contributed by atoms with Gasteiger partial charge in [0.2, 0.25) is 0 Å². The van der Waals surface area contributed by atoms with Crippen LogP contribution in [0.4, 0.5) is 5.69 Å². The lowest BCUT2D eigenvalue weighted by Crippen LogP contribution is -2.29. The van der Waals surface area contributed by atoms with Crippen molar-refractivity contribution >= 4 is 27.6 Å². The fourth-order valence-corrected chi connectivity index (χ4v) is 3.85. The second-order valence-corrected chi connectivity index (χ2v) is 6.95. The monoisotopic (exact) mass is 311 g/mol. The van der Waals surface area contributed by atoms with Gasteiger partial charge in [-0.25, -0.2) is 0 Å². The van der Waals surface area contributed by atoms with E-state index in [1.165, 1.54) is 0 Å². The Kier molecular flexibility index (Phi) is 2.61. The summed E-state index contributed by atoms with van der Waals surface area (Å²) in [5, 5.41) is 9.77. The number of carboxylic acid groups (broad SMARTS) is 1. The Morgan fingerprint density at radius 3 is 2.11 bits per heavy atom. The Balaban J connectivity index is 2.74. The largest absolute Gasteiger partial charge is 0.481 e. The van der Waals surface area contributed by atoms with Gasteiger partial charge in [-0.3, -0.25) is 4.79 Å². The molecular formula is C14H18BrNO2. The van der Waals surface area contributed by atoms with Crippen molar-refractivity contribution in [2.45, 2.75) is 33.1 Å². The Labute approximate surface area is 116 Å². The van der Waals surface area contributed by atoms with E-state index in [1.807, 2.05) is 39.8 Å². The third-order valence-electron chi connectivity index (χ3n) is 5.12. The SMILES string of the molecule is CC1(C)C(C)(C)C1(C(=O)O)c1cc(Br)ccc1N. The van der Waals surface area contributed by atoms with Crippen molar-refractivity contribution in [1.29, 1.82) is 0 Å². The normalized spacial score (nSPS) is 22.5. The molecule has 0 heterocycles. The minimum atomic E-state index is -0.923. The molecule has 0 unspecified atom stereocenters. The highest BCUT2D eigenvalue weighted by Crippen LogP contribution is 2.78. The van der Waals surface area contributed by atoms with Crippen molar-refractivity contribution < 1.29 is 9.90 Å². The Morgan fingerprint density at radius 1 is 1.22 bits per heavy atom. The minimum Gasteiger partial charge on any atom is -0.481 e. The highest BCUT2D eigenvalue weighted by Gasteiger charge is 2.82. The van der Waals surface area contributed by atoms with Gasteiger partial charge in [-0.15, -0.1) is 0 Å². The van der Waals surface area contributed by atoms with Crippen molar-refractivity contribution in [3.05, 3.63) is 28.2 Å². The Bertz CT molecular complexity index is 521. The number of hydrogen-bond donors (Lipinski definition) is 2. The first kappa shape index (κ1) is 13.4. The van der Waals surface area contributed by atoms with Gasteiger partial charge >= 0.3 is 5.97 Å². The lowest BCUT2D eigenvalue weighted by molar-refractivity contribution is -0.141. The van der Waals surface area contributed by atoms with E-state index in [9.17, 15) is 9.90 Å². The van der Waals surface area contributed by atoms with Crippen molar-refractivity contribution in [2.75, 3.05) is 5.73 Å². The zero-order chi connectivity index (χ0) is 13.9. The number of benzene rings is 1. The van der Waals surface area contributed by atoms with Crippen LogP contribution in [0.25, 0.3) is 0 Å². The quantitative estimate of drug-likeness (QED) is 0.823. The van der Waals surface area contributed by atoms with Crippen LogP contribution in [0.5, 0.6) is 0 Å². The molecule has 98 valence electrons. The summed E-state index contributed by atoms with van der Waals surface area (Å²) in [6.45, 7) is 7.95. The summed E-state index contributed by atoms with van der Waals surface area (Å²) >= 11 is 3.39. The molecule has 0 bridgehead atoms. The first-order chi connectivity index (χ1) is 8.10. The summed E-state index contributed by atoms with van der Waals surface area (Å²) in [4.78, 5) is 11.9. The summed E-state index contributed by atoms with van der Waals surface area (Å²) in [6, 6.07) is 5.42. The molecule has 1 aliphatic rings. The first-order valence-electron chi connectivity index (χ1n) is 5.89. The summed E-state index contributed by atoms with van der Waals surface area (Å²) in [7, 11) is 0. The number of rotatable bonds is 2. The smallest absolute Gasteiger partial charge is 0.315 e. The highest BCUT2D eigenvalue weighted by atomic mass is 79.9. The zero-order valence-corrected chi connectivity index (χ0v) is 12.6. The van der Waals surface area contributed by atoms with E-state index in [0.29, 0.717) is 11.3 Å². The van der Waals surface area contributed by atoms with Gasteiger partial charge in [0.25, 0.3) is 0 Å². The summed E-state index contributed by atoms with van der Waals surface area (Å²) < 4.78 is 0.853. The summed E-state index contributed by atoms with van der Waals surface area (Å²) in [5.41, 5.74) is 5.67. The molecule has 2 rings (SSSR count). The lowest BCUT2D eigenvalue weighted by Gasteiger charge is -2.19. The molecule has 4 heteroatoms. The van der Waals surface area contributed by atoms with Gasteiger partial charge in [0.15, 0.2) is 0 Å². The van der Waals surface area contributed by atoms with Crippen molar-refractivity contribution in [1.82, 2.24) is 0 Å². The fourth-order valence-electron chi connectivity index (χ4n) is 3.49. The zero-order valence-electron chi connectivity index (χ0n) is 11.0. The van der Waals surface area contributed by atoms with Gasteiger partial charge in [-0.2, -0.15) is 0 Å². The van der Waals surface area contributed by atoms with E-state index in [2.05, 4.69) is 15.9 Å². The number of aliphatic carboxylic acids is 1. The van der Waals surface area contributed by atoms with Gasteiger partial charge in [0, 0.05) is 10.2 Å². The first-order valence-corrected chi connectivity index (χ1v) is 6.69. The number of nitrogen functional groups attached to an aromatic ring is 1. The number of hydrogen-bond acceptors (Lipinski definition) is 2. The van der Waals surface area contributed by atoms with Crippen molar-refractivity contribution in [3.63, 3.8) is 0 Å². The number of nitrogens with two attached hydrogens (primary N) is 1. The molecule has 0 amide bonds. The van der Waals surface area contributed by atoms with E-state index in [4.69, 9.17) is 5.73 Å². The van der Waals surface area contributed by atoms with E-state index in [-0.39, 0.29) is 10.8 Å². The van der Waals surface area contributed by atoms with Gasteiger partial charge < -0.3 is 10.8 Å². The maximum absolute atomic E-state index is 11.9. The molecule has 0 aromatic heterocycles. The Hall–Kier alpha value is -1.03. The molecule has 1 aliphatic carbocycles. The van der Waals surface area contributed by atoms with Crippen LogP contribution in [-0.2, 0) is 10.2 Å². The second-order valence-electron chi connectivity index (χ2n) is 6.04. The average molecular weight is 312 g/mol. The molecule has 0 radical (unpaired) electrons. The van der Waals surface area contributed by atoms with Gasteiger partial charge in [0.05, 0.1) is 0 Å². The lowest BCUT2D eigenvalue weighted by atomic mass is 9.85. The molecular weight excluding hydrogens is 294 g/mol. The predicted octanol–water partition coefficient (Wildman–Crippen LogP) is 3.42. The van der Waals surface area contributed by atoms with Crippen LogP contribution in [0.3, 0.4) is 0 Å². The van der Waals surface area contributed by atoms with Crippen molar-refractivity contribution in [3.8, 4) is 0 Å². The predicted molar refractivity (Wildman–Crippen MR) is 75.4 cm³/mol. The van der Waals surface area contributed by atoms with Gasteiger partial charge in [-0.1, -0.05) is 43.6 Å². The molecule has 1 aromatic carbocycles. The van der Waals surface area contributed by atoms with Crippen LogP contribution >= 0.6 is 15.9 Å². The van der Waals surface area contributed by atoms with E-state index in [1.54, 1.807) is 6.07 Å². The molecule has 0 spiro atoms. The number of halogens is 1. The third kappa shape index (κ3) is 1.22. The summed E-state index contributed by atoms with van der Waals surface area (Å²) in [6.07, 6.45) is 0. The molecule has 0 saturated heterocycles. The fraction of sp³-hybridized carbons (Fsp3) is 0.500. The number of anilines is 1. The Morgan fingerprint density at radius 2 is 1.72 bits per heavy atom. The number of carbonyl (C=O) groups is 1. The molecule has 1 aromatic rings. The van der Waals surface area contributed by atoms with Crippen molar-refractivity contribution in [2.24, 2.45) is 10.8 Å². The van der Waals surface area contributed by atoms with Gasteiger partial charge in [-0.05, 0) is 34.6 Å². The summed E-state index contributed by atoms with van der Waals surface area (Å²) in [5.74, 6) is -0.803. The molecule has 18 heavy (non-hydrogen) atoms. The average Bonchev–Trinajstić information content (AvgIpc) is 2.58. The standard InChI is InChI=1S/C14H18BrNO2/c1-12(2)13(3,4)14(12,11(17)18)9-7-8(15)5-6-10(9)16/h5-7H,16H2,1-4H3,(H,17,18). The van der Waals surface area contributed by atoms with Crippen LogP contribution in [0.1, 0.15) is 33.3 Å². The minimum absolute atomic E-state index is 0.333. The van der Waals surface area contributed by atoms with Crippen LogP contribution in [0.2, 0.25) is 0 Å². The highest BCUT2D eigenvalue weighted by molar-refractivity contribution is 9.10. The van der Waals surface area contributed by atoms with Gasteiger partial charge in [0.1, 0.15) is 5.41 Å². The van der Waals surface area contributed by atoms with E-state index < -0.39 is 11.4 Å². The van der Waals surface area contributed by atoms with Crippen LogP contribution < -0.4 is 5.73 Å². The van der Waals surface area contributed by atoms with Crippen LogP contribution in [0, 0.1) is 10.8 Å². The molecule has 1 saturated carbocycles. The third-order valence-corrected chi connectivity index (χ3v) is 5.61. The molecule has 0 atom stereocenters. The second kappa shape index (κ2) is 3.50. The topological polar surface area (TPSA) is 63.3 Å². The maximum Gasteiger partial charge on any atom is 0.315 e. The van der Waals surface area contributed by atoms with E-state index >= 15 is 0 Å². The number of carboxylic acids is 1. The van der Waals surface area contributed by atoms with Crippen LogP contribution in [-0.4, -0.2) is 11.1 Å². The molecule has 3 N–H and O–H groups in total.